The van der Waals surface area contributed by atoms with Crippen molar-refractivity contribution in [2.24, 2.45) is 16.8 Å². The maximum Gasteiger partial charge on any atom is 0.315 e. The van der Waals surface area contributed by atoms with Crippen LogP contribution in [0.4, 0.5) is 5.69 Å². The van der Waals surface area contributed by atoms with Crippen LogP contribution in [-0.4, -0.2) is 35.5 Å². The fraction of sp³-hybridized carbons (Fsp3) is 0.389. The van der Waals surface area contributed by atoms with Gasteiger partial charge in [0.1, 0.15) is 5.92 Å². The normalized spacial score (nSPS) is 27.5. The van der Waals surface area contributed by atoms with E-state index in [9.17, 15) is 24.8 Å². The maximum absolute atomic E-state index is 12.6. The molecule has 1 aromatic rings. The lowest BCUT2D eigenvalue weighted by Gasteiger charge is -2.40. The van der Waals surface area contributed by atoms with E-state index in [1.807, 2.05) is 0 Å². The van der Waals surface area contributed by atoms with E-state index in [0.29, 0.717) is 17.7 Å². The second-order valence-electron chi connectivity index (χ2n) is 6.41. The van der Waals surface area contributed by atoms with Gasteiger partial charge in [-0.3, -0.25) is 24.7 Å². The van der Waals surface area contributed by atoms with Crippen LogP contribution in [0.25, 0.3) is 0 Å². The second kappa shape index (κ2) is 6.70. The van der Waals surface area contributed by atoms with Crippen molar-refractivity contribution in [1.82, 2.24) is 0 Å². The first kappa shape index (κ1) is 17.8. The number of aliphatic imine (C=N–C) groups is 1. The van der Waals surface area contributed by atoms with Crippen molar-refractivity contribution < 1.29 is 24.4 Å². The first-order valence-electron chi connectivity index (χ1n) is 8.13. The van der Waals surface area contributed by atoms with Gasteiger partial charge >= 0.3 is 5.97 Å². The van der Waals surface area contributed by atoms with E-state index in [0.717, 1.165) is 12.1 Å². The molecule has 26 heavy (non-hydrogen) atoms. The Morgan fingerprint density at radius 2 is 2.08 bits per heavy atom. The fourth-order valence-corrected chi connectivity index (χ4v) is 3.86. The molecule has 1 aliphatic carbocycles. The molecule has 0 saturated carbocycles. The average molecular weight is 357 g/mol. The molecular weight excluding hydrogens is 340 g/mol. The lowest BCUT2D eigenvalue weighted by molar-refractivity contribution is -0.398. The van der Waals surface area contributed by atoms with Gasteiger partial charge in [0, 0.05) is 17.7 Å². The van der Waals surface area contributed by atoms with Crippen LogP contribution in [-0.2, 0) is 14.3 Å². The van der Waals surface area contributed by atoms with Crippen molar-refractivity contribution in [3.8, 4) is 5.75 Å². The van der Waals surface area contributed by atoms with Crippen LogP contribution < -0.4 is 5.11 Å². The molecule has 1 aromatic carbocycles. The first-order chi connectivity index (χ1) is 12.3. The van der Waals surface area contributed by atoms with Gasteiger partial charge in [-0.2, -0.15) is 0 Å². The van der Waals surface area contributed by atoms with Gasteiger partial charge in [0.25, 0.3) is 5.69 Å². The number of hydrogen-bond acceptors (Lipinski definition) is 7. The lowest BCUT2D eigenvalue weighted by atomic mass is 9.66. The molecule has 1 heterocycles. The molecule has 3 rings (SSSR count). The van der Waals surface area contributed by atoms with Crippen LogP contribution in [0.2, 0.25) is 0 Å². The lowest BCUT2D eigenvalue weighted by Crippen LogP contribution is -2.46. The average Bonchev–Trinajstić information content (AvgIpc) is 2.60. The molecule has 0 spiro atoms. The van der Waals surface area contributed by atoms with Gasteiger partial charge in [0.05, 0.1) is 24.0 Å². The van der Waals surface area contributed by atoms with Gasteiger partial charge in [0.2, 0.25) is 0 Å². The van der Waals surface area contributed by atoms with Crippen molar-refractivity contribution in [3.63, 3.8) is 0 Å². The number of benzene rings is 1. The van der Waals surface area contributed by atoms with E-state index in [2.05, 4.69) is 4.99 Å². The number of methoxy groups -OCH3 is 1. The minimum absolute atomic E-state index is 0.190. The van der Waals surface area contributed by atoms with Crippen LogP contribution in [0.3, 0.4) is 0 Å². The monoisotopic (exact) mass is 357 g/mol. The van der Waals surface area contributed by atoms with Crippen LogP contribution >= 0.6 is 0 Å². The summed E-state index contributed by atoms with van der Waals surface area (Å²) in [6.07, 6.45) is 3.73. The predicted octanol–water partition coefficient (Wildman–Crippen LogP) is 1.53. The quantitative estimate of drug-likeness (QED) is 0.459. The van der Waals surface area contributed by atoms with E-state index in [1.165, 1.54) is 19.3 Å². The van der Waals surface area contributed by atoms with Crippen molar-refractivity contribution in [2.45, 2.75) is 25.3 Å². The molecule has 2 aliphatic rings. The van der Waals surface area contributed by atoms with E-state index < -0.39 is 40.1 Å². The number of rotatable bonds is 3. The van der Waals surface area contributed by atoms with Gasteiger partial charge < -0.3 is 9.84 Å². The predicted molar refractivity (Wildman–Crippen MR) is 89.9 cm³/mol. The molecule has 0 amide bonds. The largest absolute Gasteiger partial charge is 0.868 e. The Morgan fingerprint density at radius 3 is 2.73 bits per heavy atom. The molecule has 1 aliphatic heterocycles. The van der Waals surface area contributed by atoms with Crippen molar-refractivity contribution >= 4 is 23.2 Å². The van der Waals surface area contributed by atoms with Crippen molar-refractivity contribution in [2.75, 3.05) is 7.11 Å². The highest BCUT2D eigenvalue weighted by molar-refractivity contribution is 6.05. The number of nitro benzene ring substituents is 1. The molecular formula is C18H17N2O6-. The Morgan fingerprint density at radius 1 is 1.35 bits per heavy atom. The zero-order chi connectivity index (χ0) is 19.0. The standard InChI is InChI=1S/C18H18N2O6/c1-9-15(18(23)26-2)16(17-11(19-9)4-3-5-14(17)22)10-6-7-13(21)12(8-10)20(24)25/h3,5-8,11,15-17,21H,4H2,1-2H3/p-1/t11-,15?,16-,17-/m0/s1. The van der Waals surface area contributed by atoms with Crippen LogP contribution in [0, 0.1) is 22.0 Å². The summed E-state index contributed by atoms with van der Waals surface area (Å²) in [7, 11) is 1.24. The van der Waals surface area contributed by atoms with Crippen LogP contribution in [0.1, 0.15) is 24.8 Å². The third-order valence-corrected chi connectivity index (χ3v) is 4.99. The van der Waals surface area contributed by atoms with Gasteiger partial charge in [-0.05, 0) is 30.7 Å². The highest BCUT2D eigenvalue weighted by atomic mass is 16.6. The Labute approximate surface area is 149 Å². The summed E-state index contributed by atoms with van der Waals surface area (Å²) in [6, 6.07) is 3.35. The van der Waals surface area contributed by atoms with Crippen molar-refractivity contribution in [3.05, 3.63) is 46.0 Å². The molecule has 8 nitrogen and oxygen atoms in total. The summed E-state index contributed by atoms with van der Waals surface area (Å²) in [4.78, 5) is 39.9. The van der Waals surface area contributed by atoms with E-state index in [-0.39, 0.29) is 11.8 Å². The van der Waals surface area contributed by atoms with Crippen LogP contribution in [0.15, 0.2) is 35.3 Å². The summed E-state index contributed by atoms with van der Waals surface area (Å²) in [5.74, 6) is -3.63. The van der Waals surface area contributed by atoms with Gasteiger partial charge in [-0.1, -0.05) is 18.2 Å². The highest BCUT2D eigenvalue weighted by Gasteiger charge is 2.48. The number of carbonyl (C=O) groups is 2. The maximum atomic E-state index is 12.6. The number of nitro groups is 1. The number of fused-ring (bicyclic) bond motifs is 1. The number of ether oxygens (including phenoxy) is 1. The number of hydrogen-bond donors (Lipinski definition) is 0. The molecule has 8 heteroatoms. The molecule has 0 N–H and O–H groups in total. The Kier molecular flexibility index (Phi) is 4.58. The summed E-state index contributed by atoms with van der Waals surface area (Å²) in [5, 5.41) is 22.9. The van der Waals surface area contributed by atoms with Gasteiger partial charge in [-0.15, -0.1) is 0 Å². The summed E-state index contributed by atoms with van der Waals surface area (Å²) >= 11 is 0. The number of nitrogens with zero attached hydrogens (tertiary/aromatic N) is 2. The minimum Gasteiger partial charge on any atom is -0.868 e. The SMILES string of the molecule is COC(=O)C1C(C)=N[C@H]2CC=CC(=O)[C@H]2[C@H]1c1ccc([O-])c([N+](=O)[O-])c1. The zero-order valence-corrected chi connectivity index (χ0v) is 14.2. The van der Waals surface area contributed by atoms with Crippen molar-refractivity contribution in [1.29, 1.82) is 0 Å². The van der Waals surface area contributed by atoms with E-state index >= 15 is 0 Å². The summed E-state index contributed by atoms with van der Waals surface area (Å²) in [6.45, 7) is 1.68. The molecule has 0 fully saturated rings. The zero-order valence-electron chi connectivity index (χ0n) is 14.2. The van der Waals surface area contributed by atoms with E-state index in [4.69, 9.17) is 4.74 Å². The molecule has 0 radical (unpaired) electrons. The number of ketones is 1. The molecule has 1 unspecified atom stereocenters. The van der Waals surface area contributed by atoms with Gasteiger partial charge in [-0.25, -0.2) is 0 Å². The third-order valence-electron chi connectivity index (χ3n) is 4.99. The minimum atomic E-state index is -0.839. The second-order valence-corrected chi connectivity index (χ2v) is 6.41. The highest BCUT2D eigenvalue weighted by Crippen LogP contribution is 2.44. The smallest absolute Gasteiger partial charge is 0.315 e. The molecule has 4 atom stereocenters. The number of esters is 1. The molecule has 0 aromatic heterocycles. The Hall–Kier alpha value is -3.03. The number of allylic oxidation sites excluding steroid dienone is 1. The topological polar surface area (TPSA) is 122 Å². The molecule has 136 valence electrons. The Balaban J connectivity index is 2.18. The summed E-state index contributed by atoms with van der Waals surface area (Å²) < 4.78 is 4.88. The Bertz CT molecular complexity index is 844. The molecule has 0 saturated heterocycles. The summed E-state index contributed by atoms with van der Waals surface area (Å²) in [5.41, 5.74) is 0.321. The number of carbonyl (C=O) groups excluding carboxylic acids is 2. The first-order valence-corrected chi connectivity index (χ1v) is 8.13. The fourth-order valence-electron chi connectivity index (χ4n) is 3.86. The van der Waals surface area contributed by atoms with Crippen LogP contribution in [0.5, 0.6) is 5.75 Å². The third kappa shape index (κ3) is 2.87. The van der Waals surface area contributed by atoms with E-state index in [1.54, 1.807) is 13.0 Å². The molecule has 0 bridgehead atoms. The van der Waals surface area contributed by atoms with Gasteiger partial charge in [0.15, 0.2) is 5.78 Å².